The van der Waals surface area contributed by atoms with Gasteiger partial charge in [0.05, 0.1) is 0 Å². The third kappa shape index (κ3) is 42.0. The Hall–Kier alpha value is 1.77. The molecule has 0 aromatic heterocycles. The number of hydrogen-bond donors (Lipinski definition) is 1. The van der Waals surface area contributed by atoms with Crippen molar-refractivity contribution in [3.63, 3.8) is 0 Å². The van der Waals surface area contributed by atoms with E-state index in [-0.39, 0.29) is 49.0 Å². The Morgan fingerprint density at radius 1 is 1.33 bits per heavy atom. The average Bonchev–Trinajstić information content (AvgIpc) is 0.811. The van der Waals surface area contributed by atoms with Gasteiger partial charge in [0, 0.05) is 19.5 Å². The van der Waals surface area contributed by atoms with Gasteiger partial charge in [-0.25, -0.2) is 0 Å². The maximum atomic E-state index is 8.67. The zero-order valence-corrected chi connectivity index (χ0v) is 6.78. The maximum Gasteiger partial charge on any atom is 0 e. The second-order valence-electron chi connectivity index (χ2n) is 0.238. The minimum atomic E-state index is -3.69. The quantitative estimate of drug-likeness (QED) is 0.475. The molecule has 0 atom stereocenters. The molecule has 0 rings (SSSR count). The topological polar surface area (TPSA) is 54.4 Å². The van der Waals surface area contributed by atoms with Gasteiger partial charge in [-0.15, -0.1) is 0 Å². The van der Waals surface area contributed by atoms with Crippen LogP contribution < -0.4 is 0 Å². The van der Waals surface area contributed by atoms with E-state index in [2.05, 4.69) is 0 Å². The van der Waals surface area contributed by atoms with E-state index in [1.807, 2.05) is 0 Å². The molecule has 0 unspecified atom stereocenters. The van der Waals surface area contributed by atoms with Gasteiger partial charge < -0.3 is 0 Å². The van der Waals surface area contributed by atoms with Gasteiger partial charge in [-0.1, -0.05) is 0 Å². The van der Waals surface area contributed by atoms with E-state index in [0.29, 0.717) is 0 Å². The second-order valence-corrected chi connectivity index (χ2v) is 0.981. The summed E-state index contributed by atoms with van der Waals surface area (Å²) in [6, 6.07) is 0. The van der Waals surface area contributed by atoms with Gasteiger partial charge in [0.1, 0.15) is 0 Å². The van der Waals surface area contributed by atoms with Crippen LogP contribution in [-0.4, -0.2) is 33.6 Å². The molecular formula is H2NaO3VZn. The van der Waals surface area contributed by atoms with Crippen molar-refractivity contribution in [2.24, 2.45) is 0 Å². The molecule has 0 fully saturated rings. The average molecular weight is 189 g/mol. The van der Waals surface area contributed by atoms with Crippen LogP contribution in [0.3, 0.4) is 0 Å². The fraction of sp³-hybridized carbons (Fsp3) is 0. The first-order valence-corrected chi connectivity index (χ1v) is 2.33. The minimum absolute atomic E-state index is 0. The normalized spacial score (nSPS) is 4.17. The molecule has 6 heavy (non-hydrogen) atoms. The molecule has 0 aliphatic rings. The van der Waals surface area contributed by atoms with Crippen LogP contribution in [0.4, 0.5) is 0 Å². The number of hydrogen-bond acceptors (Lipinski definition) is 2. The first-order valence-electron chi connectivity index (χ1n) is 0.565. The van der Waals surface area contributed by atoms with E-state index >= 15 is 0 Å². The van der Waals surface area contributed by atoms with E-state index in [4.69, 9.17) is 11.4 Å². The minimum Gasteiger partial charge on any atom is 0 e. The summed E-state index contributed by atoms with van der Waals surface area (Å²) in [4.78, 5) is 0. The fourth-order valence-corrected chi connectivity index (χ4v) is 0. The van der Waals surface area contributed by atoms with E-state index in [1.54, 1.807) is 0 Å². The van der Waals surface area contributed by atoms with E-state index in [1.165, 1.54) is 0 Å². The molecule has 0 spiro atoms. The third-order valence-corrected chi connectivity index (χ3v) is 0. The molecule has 0 saturated heterocycles. The molecule has 0 aliphatic carbocycles. The molecule has 6 heteroatoms. The van der Waals surface area contributed by atoms with Crippen LogP contribution in [0.25, 0.3) is 0 Å². The van der Waals surface area contributed by atoms with E-state index in [0.717, 1.165) is 0 Å². The molecular weight excluding hydrogens is 187 g/mol. The van der Waals surface area contributed by atoms with Crippen molar-refractivity contribution in [3.8, 4) is 0 Å². The standard InChI is InChI=1S/Na.H2O.2O.V.Zn.H/h;1H2;;;;;/q;;;;+1;;/p-1. The molecule has 3 nitrogen and oxygen atoms in total. The van der Waals surface area contributed by atoms with Crippen LogP contribution in [0.2, 0.25) is 0 Å². The van der Waals surface area contributed by atoms with Gasteiger partial charge in [0.15, 0.2) is 0 Å². The van der Waals surface area contributed by atoms with Crippen molar-refractivity contribution in [3.05, 3.63) is 0 Å². The van der Waals surface area contributed by atoms with Crippen LogP contribution >= 0.6 is 0 Å². The first-order chi connectivity index (χ1) is 1.73. The third-order valence-electron chi connectivity index (χ3n) is 0. The molecule has 0 aromatic carbocycles. The van der Waals surface area contributed by atoms with Gasteiger partial charge in [-0.3, -0.25) is 0 Å². The predicted molar refractivity (Wildman–Crippen MR) is 10.7 cm³/mol. The monoisotopic (exact) mass is 188 g/mol. The van der Waals surface area contributed by atoms with Crippen LogP contribution in [-0.2, 0) is 42.2 Å². The molecule has 1 N–H and O–H groups in total. The van der Waals surface area contributed by atoms with Crippen LogP contribution in [0.1, 0.15) is 0 Å². The van der Waals surface area contributed by atoms with Crippen LogP contribution in [0.5, 0.6) is 0 Å². The van der Waals surface area contributed by atoms with Crippen LogP contribution in [0.15, 0.2) is 0 Å². The molecule has 0 radical (unpaired) electrons. The van der Waals surface area contributed by atoms with Crippen LogP contribution in [0, 0.1) is 0 Å². The second kappa shape index (κ2) is 9.90. The zero-order chi connectivity index (χ0) is 3.58. The molecule has 28 valence electrons. The van der Waals surface area contributed by atoms with E-state index in [9.17, 15) is 0 Å². The van der Waals surface area contributed by atoms with Crippen molar-refractivity contribution in [1.29, 1.82) is 0 Å². The maximum absolute atomic E-state index is 8.67. The Morgan fingerprint density at radius 2 is 1.33 bits per heavy atom. The SMILES string of the molecule is [NaH].[O]=[V](=[O])[OH].[Zn]. The molecule has 0 saturated carbocycles. The summed E-state index contributed by atoms with van der Waals surface area (Å²) in [6.45, 7) is 0. The summed E-state index contributed by atoms with van der Waals surface area (Å²) < 4.78 is 24.4. The Labute approximate surface area is 74.9 Å². The van der Waals surface area contributed by atoms with Gasteiger partial charge in [-0.05, 0) is 0 Å². The Kier molecular flexibility index (Phi) is 25.8. The van der Waals surface area contributed by atoms with E-state index < -0.39 is 15.4 Å². The predicted octanol–water partition coefficient (Wildman–Crippen LogP) is -1.45. The summed E-state index contributed by atoms with van der Waals surface area (Å²) in [7, 11) is 0. The summed E-state index contributed by atoms with van der Waals surface area (Å²) in [5, 5.41) is 0. The summed E-state index contributed by atoms with van der Waals surface area (Å²) in [5.74, 6) is 0. The van der Waals surface area contributed by atoms with Gasteiger partial charge >= 0.3 is 56.3 Å². The molecule has 0 aromatic rings. The molecule has 0 amide bonds. The van der Waals surface area contributed by atoms with Gasteiger partial charge in [0.25, 0.3) is 0 Å². The smallest absolute Gasteiger partial charge is 0 e. The van der Waals surface area contributed by atoms with Crippen molar-refractivity contribution >= 4 is 29.6 Å². The Balaban J connectivity index is -0.0000000450. The fourth-order valence-electron chi connectivity index (χ4n) is 0. The molecule has 0 aliphatic heterocycles. The Morgan fingerprint density at radius 3 is 1.33 bits per heavy atom. The zero-order valence-electron chi connectivity index (χ0n) is 2.42. The molecule has 0 heterocycles. The summed E-state index contributed by atoms with van der Waals surface area (Å²) in [5.41, 5.74) is 0. The Bertz CT molecular complexity index is 59.2. The summed E-state index contributed by atoms with van der Waals surface area (Å²) in [6.07, 6.45) is 0. The number of rotatable bonds is 0. The first kappa shape index (κ1) is 15.7. The summed E-state index contributed by atoms with van der Waals surface area (Å²) >= 11 is -3.69. The van der Waals surface area contributed by atoms with Crippen molar-refractivity contribution in [1.82, 2.24) is 0 Å². The molecule has 0 bridgehead atoms. The van der Waals surface area contributed by atoms with Crippen molar-refractivity contribution in [2.45, 2.75) is 0 Å². The van der Waals surface area contributed by atoms with Gasteiger partial charge in [-0.2, -0.15) is 0 Å². The van der Waals surface area contributed by atoms with Crippen molar-refractivity contribution in [2.75, 3.05) is 0 Å². The van der Waals surface area contributed by atoms with Crippen molar-refractivity contribution < 1.29 is 46.3 Å². The van der Waals surface area contributed by atoms with Gasteiger partial charge in [0.2, 0.25) is 0 Å². The largest absolute Gasteiger partial charge is 0 e.